The number of amides is 1. The first-order chi connectivity index (χ1) is 18.8. The molecule has 2 aromatic carbocycles. The van der Waals surface area contributed by atoms with Gasteiger partial charge in [-0.2, -0.15) is 4.98 Å². The van der Waals surface area contributed by atoms with Gasteiger partial charge in [0.1, 0.15) is 11.6 Å². The van der Waals surface area contributed by atoms with Crippen LogP contribution in [0, 0.1) is 12.7 Å². The van der Waals surface area contributed by atoms with Crippen molar-refractivity contribution in [1.29, 1.82) is 0 Å². The van der Waals surface area contributed by atoms with Crippen molar-refractivity contribution in [3.63, 3.8) is 0 Å². The van der Waals surface area contributed by atoms with Gasteiger partial charge >= 0.3 is 0 Å². The van der Waals surface area contributed by atoms with Crippen LogP contribution in [0.4, 0.5) is 16.0 Å². The molecule has 0 radical (unpaired) electrons. The summed E-state index contributed by atoms with van der Waals surface area (Å²) in [6.45, 7) is 1.45. The molecule has 1 unspecified atom stereocenters. The molecule has 4 aromatic rings. The van der Waals surface area contributed by atoms with E-state index in [0.29, 0.717) is 45.8 Å². The summed E-state index contributed by atoms with van der Waals surface area (Å²) in [5.41, 5.74) is 2.19. The van der Waals surface area contributed by atoms with Crippen molar-refractivity contribution >= 4 is 29.1 Å². The number of aliphatic hydroxyl groups is 1. The largest absolute Gasteiger partial charge is 0.493 e. The number of ether oxygens (including phenoxy) is 3. The van der Waals surface area contributed by atoms with Crippen LogP contribution >= 0.6 is 11.6 Å². The molecule has 0 spiro atoms. The third-order valence-electron chi connectivity index (χ3n) is 5.90. The maximum Gasteiger partial charge on any atom is 0.253 e. The van der Waals surface area contributed by atoms with Gasteiger partial charge in [-0.15, -0.1) is 0 Å². The standard InChI is InChI=1S/C27H27ClFN5O5/c1-15-12-30-27(31-18-10-22(37-2)24(39-4)23(11-18)38-3)33-25(15)34-8-7-17(13-34)26(36)32-21(14-35)16-5-6-20(29)19(28)9-16/h5-13,21,35H,14H2,1-4H3,(H,32,36)(H,30,31,33). The zero-order valence-electron chi connectivity index (χ0n) is 21.7. The van der Waals surface area contributed by atoms with E-state index in [9.17, 15) is 14.3 Å². The van der Waals surface area contributed by atoms with Crippen LogP contribution in [-0.2, 0) is 0 Å². The Balaban J connectivity index is 1.55. The summed E-state index contributed by atoms with van der Waals surface area (Å²) in [6.07, 6.45) is 4.96. The van der Waals surface area contributed by atoms with Crippen LogP contribution in [-0.4, -0.2) is 53.5 Å². The first kappa shape index (κ1) is 27.7. The number of carbonyl (C=O) groups is 1. The molecule has 204 valence electrons. The summed E-state index contributed by atoms with van der Waals surface area (Å²) in [5.74, 6) is 1.23. The Morgan fingerprint density at radius 1 is 1.13 bits per heavy atom. The number of methoxy groups -OCH3 is 3. The monoisotopic (exact) mass is 555 g/mol. The van der Waals surface area contributed by atoms with Crippen LogP contribution in [0.1, 0.15) is 27.5 Å². The summed E-state index contributed by atoms with van der Waals surface area (Å²) in [5, 5.41) is 15.6. The fourth-order valence-corrected chi connectivity index (χ4v) is 4.09. The lowest BCUT2D eigenvalue weighted by Gasteiger charge is -2.17. The van der Waals surface area contributed by atoms with E-state index in [1.807, 2.05) is 6.92 Å². The average Bonchev–Trinajstić information content (AvgIpc) is 3.44. The lowest BCUT2D eigenvalue weighted by molar-refractivity contribution is 0.0916. The van der Waals surface area contributed by atoms with Gasteiger partial charge in [0, 0.05) is 42.0 Å². The number of hydrogen-bond donors (Lipinski definition) is 3. The normalized spacial score (nSPS) is 11.6. The number of aliphatic hydroxyl groups excluding tert-OH is 1. The number of halogens is 2. The molecule has 0 fully saturated rings. The molecule has 39 heavy (non-hydrogen) atoms. The highest BCUT2D eigenvalue weighted by Crippen LogP contribution is 2.40. The highest BCUT2D eigenvalue weighted by atomic mass is 35.5. The van der Waals surface area contributed by atoms with Crippen LogP contribution in [0.2, 0.25) is 5.02 Å². The van der Waals surface area contributed by atoms with E-state index in [1.54, 1.807) is 41.4 Å². The second kappa shape index (κ2) is 12.0. The minimum Gasteiger partial charge on any atom is -0.493 e. The summed E-state index contributed by atoms with van der Waals surface area (Å²) in [4.78, 5) is 21.9. The number of hydrogen-bond acceptors (Lipinski definition) is 8. The lowest BCUT2D eigenvalue weighted by Crippen LogP contribution is -2.30. The van der Waals surface area contributed by atoms with Gasteiger partial charge in [0.15, 0.2) is 11.5 Å². The van der Waals surface area contributed by atoms with Gasteiger partial charge < -0.3 is 34.5 Å². The van der Waals surface area contributed by atoms with E-state index in [0.717, 1.165) is 5.56 Å². The summed E-state index contributed by atoms with van der Waals surface area (Å²) < 4.78 is 31.4. The predicted octanol–water partition coefficient (Wildman–Crippen LogP) is 4.60. The fraction of sp³-hybridized carbons (Fsp3) is 0.222. The van der Waals surface area contributed by atoms with Crippen molar-refractivity contribution < 1.29 is 28.5 Å². The van der Waals surface area contributed by atoms with Crippen LogP contribution in [0.25, 0.3) is 5.82 Å². The van der Waals surface area contributed by atoms with Crippen LogP contribution < -0.4 is 24.8 Å². The molecule has 4 rings (SSSR count). The van der Waals surface area contributed by atoms with E-state index in [4.69, 9.17) is 25.8 Å². The fourth-order valence-electron chi connectivity index (χ4n) is 3.90. The van der Waals surface area contributed by atoms with Gasteiger partial charge in [0.05, 0.1) is 44.6 Å². The highest BCUT2D eigenvalue weighted by molar-refractivity contribution is 6.30. The van der Waals surface area contributed by atoms with Gasteiger partial charge in [-0.1, -0.05) is 17.7 Å². The Morgan fingerprint density at radius 2 is 1.85 bits per heavy atom. The van der Waals surface area contributed by atoms with Crippen LogP contribution in [0.3, 0.4) is 0 Å². The number of carbonyl (C=O) groups excluding carboxylic acids is 1. The zero-order valence-corrected chi connectivity index (χ0v) is 22.4. The molecule has 0 saturated carbocycles. The molecule has 12 heteroatoms. The third kappa shape index (κ3) is 6.05. The van der Waals surface area contributed by atoms with E-state index in [2.05, 4.69) is 20.6 Å². The van der Waals surface area contributed by atoms with E-state index in [1.165, 1.54) is 39.5 Å². The number of nitrogens with one attached hydrogen (secondary N) is 2. The van der Waals surface area contributed by atoms with Crippen molar-refractivity contribution in [3.8, 4) is 23.1 Å². The predicted molar refractivity (Wildman–Crippen MR) is 144 cm³/mol. The maximum atomic E-state index is 13.5. The van der Waals surface area contributed by atoms with E-state index < -0.39 is 24.4 Å². The second-order valence-electron chi connectivity index (χ2n) is 8.43. The molecule has 2 heterocycles. The average molecular weight is 556 g/mol. The molecule has 3 N–H and O–H groups in total. The van der Waals surface area contributed by atoms with Gasteiger partial charge in [-0.05, 0) is 30.7 Å². The van der Waals surface area contributed by atoms with E-state index in [-0.39, 0.29) is 5.02 Å². The number of benzene rings is 2. The molecule has 0 bridgehead atoms. The molecule has 0 saturated heterocycles. The topological polar surface area (TPSA) is 120 Å². The zero-order chi connectivity index (χ0) is 28.1. The Bertz CT molecular complexity index is 1470. The Hall–Kier alpha value is -4.35. The van der Waals surface area contributed by atoms with Gasteiger partial charge in [0.25, 0.3) is 5.91 Å². The number of anilines is 2. The lowest BCUT2D eigenvalue weighted by atomic mass is 10.1. The summed E-state index contributed by atoms with van der Waals surface area (Å²) >= 11 is 5.85. The molecule has 1 atom stereocenters. The molecule has 2 aromatic heterocycles. The molecule has 10 nitrogen and oxygen atoms in total. The minimum atomic E-state index is -0.769. The Morgan fingerprint density at radius 3 is 2.46 bits per heavy atom. The SMILES string of the molecule is COc1cc(Nc2ncc(C)c(-n3ccc(C(=O)NC(CO)c4ccc(F)c(Cl)c4)c3)n2)cc(OC)c1OC. The number of aromatic nitrogens is 3. The first-order valence-corrected chi connectivity index (χ1v) is 12.1. The summed E-state index contributed by atoms with van der Waals surface area (Å²) in [7, 11) is 4.58. The smallest absolute Gasteiger partial charge is 0.253 e. The maximum absolute atomic E-state index is 13.5. The van der Waals surface area contributed by atoms with Crippen LogP contribution in [0.15, 0.2) is 55.0 Å². The van der Waals surface area contributed by atoms with Gasteiger partial charge in [-0.3, -0.25) is 4.79 Å². The van der Waals surface area contributed by atoms with Crippen LogP contribution in [0.5, 0.6) is 17.2 Å². The molecular weight excluding hydrogens is 529 g/mol. The number of nitrogens with zero attached hydrogens (tertiary/aromatic N) is 3. The first-order valence-electron chi connectivity index (χ1n) is 11.7. The highest BCUT2D eigenvalue weighted by Gasteiger charge is 2.19. The van der Waals surface area contributed by atoms with E-state index >= 15 is 0 Å². The van der Waals surface area contributed by atoms with Crippen molar-refractivity contribution in [2.75, 3.05) is 33.3 Å². The minimum absolute atomic E-state index is 0.0958. The van der Waals surface area contributed by atoms with Crippen molar-refractivity contribution in [2.24, 2.45) is 0 Å². The molecule has 1 amide bonds. The molecule has 0 aliphatic rings. The molecular formula is C27H27ClFN5O5. The molecule has 0 aliphatic carbocycles. The van der Waals surface area contributed by atoms with Crippen molar-refractivity contribution in [3.05, 3.63) is 82.5 Å². The Labute approximate surface area is 229 Å². The number of aryl methyl sites for hydroxylation is 1. The molecule has 0 aliphatic heterocycles. The second-order valence-corrected chi connectivity index (χ2v) is 8.84. The van der Waals surface area contributed by atoms with Gasteiger partial charge in [0.2, 0.25) is 11.7 Å². The number of rotatable bonds is 10. The summed E-state index contributed by atoms with van der Waals surface area (Å²) in [6, 6.07) is 8.33. The van der Waals surface area contributed by atoms with Crippen molar-refractivity contribution in [1.82, 2.24) is 19.9 Å². The quantitative estimate of drug-likeness (QED) is 0.260. The Kier molecular flexibility index (Phi) is 8.52. The third-order valence-corrected chi connectivity index (χ3v) is 6.19. The van der Waals surface area contributed by atoms with Gasteiger partial charge in [-0.25, -0.2) is 9.37 Å². The van der Waals surface area contributed by atoms with Crippen molar-refractivity contribution in [2.45, 2.75) is 13.0 Å².